The highest BCUT2D eigenvalue weighted by Gasteiger charge is 2.20. The zero-order valence-corrected chi connectivity index (χ0v) is 45.1. The van der Waals surface area contributed by atoms with E-state index in [2.05, 4.69) is 43.5 Å². The Kier molecular flexibility index (Phi) is 55.5. The van der Waals surface area contributed by atoms with Crippen LogP contribution in [0.25, 0.3) is 0 Å². The summed E-state index contributed by atoms with van der Waals surface area (Å²) in [4.78, 5) is 24.5. The van der Waals surface area contributed by atoms with Gasteiger partial charge in [0.15, 0.2) is 0 Å². The van der Waals surface area contributed by atoms with E-state index < -0.39 is 12.1 Å². The molecule has 0 aromatic heterocycles. The molecule has 67 heavy (non-hydrogen) atoms. The second kappa shape index (κ2) is 56.9. The Labute approximate surface area is 418 Å². The summed E-state index contributed by atoms with van der Waals surface area (Å²) in [5, 5.41) is 23.2. The van der Waals surface area contributed by atoms with Crippen LogP contribution in [-0.4, -0.2) is 47.4 Å². The number of rotatable bonds is 56. The van der Waals surface area contributed by atoms with E-state index in [0.29, 0.717) is 25.9 Å². The van der Waals surface area contributed by atoms with E-state index in [-0.39, 0.29) is 18.5 Å². The second-order valence-electron chi connectivity index (χ2n) is 20.7. The van der Waals surface area contributed by atoms with E-state index in [1.807, 2.05) is 0 Å². The van der Waals surface area contributed by atoms with Crippen molar-refractivity contribution in [3.05, 3.63) is 24.3 Å². The minimum absolute atomic E-state index is 0.00344. The van der Waals surface area contributed by atoms with Crippen molar-refractivity contribution >= 4 is 11.9 Å². The van der Waals surface area contributed by atoms with Gasteiger partial charge in [0.1, 0.15) is 0 Å². The van der Waals surface area contributed by atoms with E-state index in [9.17, 15) is 19.8 Å². The van der Waals surface area contributed by atoms with Gasteiger partial charge < -0.3 is 20.3 Å². The highest BCUT2D eigenvalue weighted by atomic mass is 16.5. The maximum Gasteiger partial charge on any atom is 0.305 e. The quantitative estimate of drug-likeness (QED) is 0.0321. The maximum atomic E-state index is 12.5. The molecule has 0 aliphatic carbocycles. The van der Waals surface area contributed by atoms with Crippen molar-refractivity contribution in [2.45, 2.75) is 341 Å². The Hall–Kier alpha value is -1.66. The maximum absolute atomic E-state index is 12.5. The van der Waals surface area contributed by atoms with Gasteiger partial charge in [0.2, 0.25) is 5.91 Å². The molecule has 0 aromatic rings. The number of ether oxygens (including phenoxy) is 1. The van der Waals surface area contributed by atoms with Gasteiger partial charge in [-0.25, -0.2) is 0 Å². The summed E-state index contributed by atoms with van der Waals surface area (Å²) in [5.41, 5.74) is 0. The van der Waals surface area contributed by atoms with Gasteiger partial charge in [0.05, 0.1) is 25.4 Å². The molecule has 0 fully saturated rings. The Bertz CT molecular complexity index is 1040. The van der Waals surface area contributed by atoms with Gasteiger partial charge in [-0.05, 0) is 77.0 Å². The zero-order chi connectivity index (χ0) is 48.6. The third kappa shape index (κ3) is 53.5. The van der Waals surface area contributed by atoms with Crippen molar-refractivity contribution in [3.63, 3.8) is 0 Å². The molecular weight excluding hydrogens is 827 g/mol. The average molecular weight is 945 g/mol. The fourth-order valence-corrected chi connectivity index (χ4v) is 9.34. The van der Waals surface area contributed by atoms with Crippen LogP contribution in [0.2, 0.25) is 0 Å². The molecule has 6 heteroatoms. The number of amides is 1. The molecule has 6 nitrogen and oxygen atoms in total. The number of esters is 1. The van der Waals surface area contributed by atoms with Crippen LogP contribution >= 0.6 is 0 Å². The molecular formula is C61H117NO5. The number of carbonyl (C=O) groups is 2. The summed E-state index contributed by atoms with van der Waals surface area (Å²) in [6.45, 7) is 4.93. The molecule has 0 aliphatic heterocycles. The van der Waals surface area contributed by atoms with E-state index in [4.69, 9.17) is 4.74 Å². The van der Waals surface area contributed by atoms with E-state index >= 15 is 0 Å². The predicted octanol–water partition coefficient (Wildman–Crippen LogP) is 18.6. The molecule has 0 bridgehead atoms. The minimum Gasteiger partial charge on any atom is -0.466 e. The van der Waals surface area contributed by atoms with Gasteiger partial charge in [-0.15, -0.1) is 0 Å². The van der Waals surface area contributed by atoms with Crippen LogP contribution in [0.3, 0.4) is 0 Å². The minimum atomic E-state index is -0.665. The lowest BCUT2D eigenvalue weighted by Gasteiger charge is -2.22. The largest absolute Gasteiger partial charge is 0.466 e. The fourth-order valence-electron chi connectivity index (χ4n) is 9.34. The molecule has 2 atom stereocenters. The van der Waals surface area contributed by atoms with Crippen LogP contribution in [-0.2, 0) is 14.3 Å². The van der Waals surface area contributed by atoms with Gasteiger partial charge in [-0.2, -0.15) is 0 Å². The highest BCUT2D eigenvalue weighted by Crippen LogP contribution is 2.17. The van der Waals surface area contributed by atoms with Crippen molar-refractivity contribution in [1.82, 2.24) is 5.32 Å². The van der Waals surface area contributed by atoms with E-state index in [0.717, 1.165) is 44.9 Å². The predicted molar refractivity (Wildman–Crippen MR) is 292 cm³/mol. The van der Waals surface area contributed by atoms with Crippen LogP contribution in [0.4, 0.5) is 0 Å². The molecule has 1 amide bonds. The van der Waals surface area contributed by atoms with Gasteiger partial charge in [0, 0.05) is 12.8 Å². The molecule has 0 aromatic carbocycles. The van der Waals surface area contributed by atoms with Crippen molar-refractivity contribution in [2.24, 2.45) is 0 Å². The summed E-state index contributed by atoms with van der Waals surface area (Å²) < 4.78 is 5.46. The molecule has 0 aliphatic rings. The van der Waals surface area contributed by atoms with Gasteiger partial charge in [-0.3, -0.25) is 9.59 Å². The molecule has 0 radical (unpaired) electrons. The zero-order valence-electron chi connectivity index (χ0n) is 45.1. The van der Waals surface area contributed by atoms with Crippen molar-refractivity contribution < 1.29 is 24.5 Å². The van der Waals surface area contributed by atoms with Crippen LogP contribution in [0, 0.1) is 0 Å². The molecule has 0 saturated carbocycles. The number of aliphatic hydroxyl groups is 2. The molecule has 0 rings (SSSR count). The lowest BCUT2D eigenvalue weighted by Crippen LogP contribution is -2.45. The Morgan fingerprint density at radius 1 is 0.403 bits per heavy atom. The summed E-state index contributed by atoms with van der Waals surface area (Å²) in [5.74, 6) is -0.0338. The first kappa shape index (κ1) is 65.3. The monoisotopic (exact) mass is 944 g/mol. The Morgan fingerprint density at radius 2 is 0.701 bits per heavy atom. The first-order valence-electron chi connectivity index (χ1n) is 30.1. The van der Waals surface area contributed by atoms with Crippen LogP contribution in [0.5, 0.6) is 0 Å². The van der Waals surface area contributed by atoms with Crippen molar-refractivity contribution in [2.75, 3.05) is 13.2 Å². The smallest absolute Gasteiger partial charge is 0.305 e. The van der Waals surface area contributed by atoms with Crippen molar-refractivity contribution in [1.29, 1.82) is 0 Å². The summed E-state index contributed by atoms with van der Waals surface area (Å²) in [6.07, 6.45) is 69.0. The summed E-state index contributed by atoms with van der Waals surface area (Å²) in [6, 6.07) is -0.542. The van der Waals surface area contributed by atoms with Crippen LogP contribution in [0.1, 0.15) is 328 Å². The summed E-state index contributed by atoms with van der Waals surface area (Å²) >= 11 is 0. The number of nitrogens with one attached hydrogen (secondary N) is 1. The Balaban J connectivity index is 3.39. The van der Waals surface area contributed by atoms with Gasteiger partial charge in [0.25, 0.3) is 0 Å². The number of aliphatic hydroxyl groups excluding tert-OH is 2. The highest BCUT2D eigenvalue weighted by molar-refractivity contribution is 5.76. The van der Waals surface area contributed by atoms with Crippen molar-refractivity contribution in [3.8, 4) is 0 Å². The van der Waals surface area contributed by atoms with Gasteiger partial charge in [-0.1, -0.05) is 263 Å². The average Bonchev–Trinajstić information content (AvgIpc) is 3.33. The summed E-state index contributed by atoms with van der Waals surface area (Å²) in [7, 11) is 0. The lowest BCUT2D eigenvalue weighted by atomic mass is 10.0. The molecule has 0 spiro atoms. The van der Waals surface area contributed by atoms with E-state index in [1.54, 1.807) is 0 Å². The lowest BCUT2D eigenvalue weighted by molar-refractivity contribution is -0.143. The molecule has 396 valence electrons. The molecule has 0 saturated heterocycles. The number of hydrogen-bond acceptors (Lipinski definition) is 5. The topological polar surface area (TPSA) is 95.9 Å². The standard InChI is InChI=1S/C61H117NO5/c1-3-5-7-9-11-13-15-30-33-37-41-45-49-53-59(64)58(57-63)62-60(65)54-50-46-42-38-34-31-28-26-24-22-20-18-17-19-21-23-25-27-29-32-36-40-44-48-52-56-67-61(66)55-51-47-43-39-35-16-14-12-10-8-6-4-2/h12,14,18,20,58-59,63-64H,3-11,13,15-17,19,21-57H2,1-2H3,(H,62,65)/b14-12-,20-18-. The Morgan fingerprint density at radius 3 is 1.09 bits per heavy atom. The fraction of sp³-hybridized carbons (Fsp3) is 0.902. The normalized spacial score (nSPS) is 12.7. The molecule has 2 unspecified atom stereocenters. The molecule has 0 heterocycles. The number of hydrogen-bond donors (Lipinski definition) is 3. The SMILES string of the molecule is CCCCC/C=C\CCCCCCCC(=O)OCCCCCCCCCCCCCC/C=C\CCCCCCCCCCCC(=O)NC(CO)C(O)CCCCCCCCCCCCCCC. The molecule has 3 N–H and O–H groups in total. The third-order valence-electron chi connectivity index (χ3n) is 14.0. The first-order chi connectivity index (χ1) is 33.0. The van der Waals surface area contributed by atoms with Crippen LogP contribution < -0.4 is 5.32 Å². The number of unbranched alkanes of at least 4 members (excludes halogenated alkanes) is 41. The second-order valence-corrected chi connectivity index (χ2v) is 20.7. The van der Waals surface area contributed by atoms with E-state index in [1.165, 1.54) is 250 Å². The first-order valence-corrected chi connectivity index (χ1v) is 30.1. The third-order valence-corrected chi connectivity index (χ3v) is 14.0. The number of carbonyl (C=O) groups excluding carboxylic acids is 2. The van der Waals surface area contributed by atoms with Crippen LogP contribution in [0.15, 0.2) is 24.3 Å². The number of allylic oxidation sites excluding steroid dienone is 4. The van der Waals surface area contributed by atoms with Gasteiger partial charge >= 0.3 is 5.97 Å².